The van der Waals surface area contributed by atoms with Crippen molar-refractivity contribution in [1.82, 2.24) is 15.5 Å². The normalized spacial score (nSPS) is 11.6. The van der Waals surface area contributed by atoms with Crippen LogP contribution in [0.5, 0.6) is 5.75 Å². The van der Waals surface area contributed by atoms with Crippen LogP contribution in [0.1, 0.15) is 19.4 Å². The Hall–Kier alpha value is -1.75. The Morgan fingerprint density at radius 1 is 1.18 bits per heavy atom. The quantitative estimate of drug-likeness (QED) is 0.415. The zero-order chi connectivity index (χ0) is 16.2. The predicted molar refractivity (Wildman–Crippen MR) is 93.8 cm³/mol. The highest BCUT2D eigenvalue weighted by Crippen LogP contribution is 2.10. The van der Waals surface area contributed by atoms with Gasteiger partial charge in [-0.15, -0.1) is 0 Å². The van der Waals surface area contributed by atoms with E-state index < -0.39 is 0 Å². The van der Waals surface area contributed by atoms with Gasteiger partial charge in [0, 0.05) is 13.1 Å². The number of likely N-dealkylation sites (N-methyl/N-ethyl adjacent to an activating group) is 1. The van der Waals surface area contributed by atoms with Gasteiger partial charge in [-0.05, 0) is 39.6 Å². The Labute approximate surface area is 134 Å². The van der Waals surface area contributed by atoms with Gasteiger partial charge in [-0.2, -0.15) is 0 Å². The van der Waals surface area contributed by atoms with Crippen LogP contribution in [0.25, 0.3) is 0 Å². The van der Waals surface area contributed by atoms with Crippen LogP contribution in [0, 0.1) is 6.92 Å². The molecule has 124 valence electrons. The maximum absolute atomic E-state index is 5.70. The van der Waals surface area contributed by atoms with Gasteiger partial charge >= 0.3 is 0 Å². The molecule has 0 saturated carbocycles. The Morgan fingerprint density at radius 3 is 2.55 bits per heavy atom. The Kier molecular flexibility index (Phi) is 9.07. The zero-order valence-electron chi connectivity index (χ0n) is 14.4. The minimum absolute atomic E-state index is 0.613. The molecular weight excluding hydrogens is 276 g/mol. The summed E-state index contributed by atoms with van der Waals surface area (Å²) in [6.45, 7) is 11.3. The Balaban J connectivity index is 2.28. The lowest BCUT2D eigenvalue weighted by atomic mass is 10.2. The van der Waals surface area contributed by atoms with Crippen molar-refractivity contribution >= 4 is 5.96 Å². The number of hydrogen-bond donors (Lipinski definition) is 2. The van der Waals surface area contributed by atoms with Gasteiger partial charge in [0.2, 0.25) is 0 Å². The van der Waals surface area contributed by atoms with Crippen molar-refractivity contribution in [2.75, 3.05) is 46.4 Å². The number of ether oxygens (including phenoxy) is 1. The number of guanidine groups is 1. The van der Waals surface area contributed by atoms with Crippen LogP contribution in [0.3, 0.4) is 0 Å². The molecule has 0 aliphatic carbocycles. The van der Waals surface area contributed by atoms with Crippen molar-refractivity contribution in [2.45, 2.75) is 20.8 Å². The van der Waals surface area contributed by atoms with Gasteiger partial charge in [0.05, 0.1) is 13.1 Å². The molecule has 1 aromatic carbocycles. The van der Waals surface area contributed by atoms with Gasteiger partial charge in [-0.25, -0.2) is 0 Å². The molecule has 0 aliphatic heterocycles. The molecule has 0 amide bonds. The maximum atomic E-state index is 5.70. The molecule has 0 radical (unpaired) electrons. The van der Waals surface area contributed by atoms with Gasteiger partial charge in [0.25, 0.3) is 0 Å². The minimum Gasteiger partial charge on any atom is -0.492 e. The lowest BCUT2D eigenvalue weighted by Gasteiger charge is -2.14. The average Bonchev–Trinajstić information content (AvgIpc) is 2.53. The lowest BCUT2D eigenvalue weighted by molar-refractivity contribution is 0.321. The second-order valence-corrected chi connectivity index (χ2v) is 5.24. The molecule has 0 aliphatic rings. The first-order chi connectivity index (χ1) is 10.7. The third kappa shape index (κ3) is 7.88. The fourth-order valence-corrected chi connectivity index (χ4v) is 1.81. The summed E-state index contributed by atoms with van der Waals surface area (Å²) in [6, 6.07) is 8.10. The minimum atomic E-state index is 0.613. The van der Waals surface area contributed by atoms with Gasteiger partial charge in [0.15, 0.2) is 5.96 Å². The van der Waals surface area contributed by atoms with E-state index in [2.05, 4.69) is 60.5 Å². The van der Waals surface area contributed by atoms with Crippen molar-refractivity contribution in [2.24, 2.45) is 4.99 Å². The van der Waals surface area contributed by atoms with Crippen molar-refractivity contribution in [3.63, 3.8) is 0 Å². The molecule has 22 heavy (non-hydrogen) atoms. The number of benzene rings is 1. The zero-order valence-corrected chi connectivity index (χ0v) is 14.4. The van der Waals surface area contributed by atoms with E-state index in [1.165, 1.54) is 5.56 Å². The molecule has 1 aromatic rings. The van der Waals surface area contributed by atoms with Gasteiger partial charge in [0.1, 0.15) is 12.4 Å². The van der Waals surface area contributed by atoms with Crippen LogP contribution >= 0.6 is 0 Å². The molecule has 0 bridgehead atoms. The van der Waals surface area contributed by atoms with E-state index in [9.17, 15) is 0 Å². The third-order valence-electron chi connectivity index (χ3n) is 3.32. The van der Waals surface area contributed by atoms with Crippen LogP contribution in [0.2, 0.25) is 0 Å². The topological polar surface area (TPSA) is 48.9 Å². The second-order valence-electron chi connectivity index (χ2n) is 5.24. The van der Waals surface area contributed by atoms with E-state index in [1.54, 1.807) is 0 Å². The highest BCUT2D eigenvalue weighted by molar-refractivity contribution is 5.79. The first-order valence-electron chi connectivity index (χ1n) is 8.05. The summed E-state index contributed by atoms with van der Waals surface area (Å²) < 4.78 is 5.70. The lowest BCUT2D eigenvalue weighted by Crippen LogP contribution is -2.39. The summed E-state index contributed by atoms with van der Waals surface area (Å²) in [5.74, 6) is 1.75. The predicted octanol–water partition coefficient (Wildman–Crippen LogP) is 1.88. The van der Waals surface area contributed by atoms with Crippen molar-refractivity contribution in [3.8, 4) is 5.75 Å². The van der Waals surface area contributed by atoms with E-state index >= 15 is 0 Å². The molecule has 0 heterocycles. The van der Waals surface area contributed by atoms with Crippen LogP contribution in [-0.4, -0.2) is 57.2 Å². The number of nitrogens with one attached hydrogen (secondary N) is 2. The molecule has 0 saturated heterocycles. The van der Waals surface area contributed by atoms with Crippen molar-refractivity contribution < 1.29 is 4.74 Å². The number of rotatable bonds is 9. The number of nitrogens with zero attached hydrogens (tertiary/aromatic N) is 2. The SMILES string of the molecule is CCNC(=NCCN(C)CC)NCCOc1ccc(C)cc1. The fourth-order valence-electron chi connectivity index (χ4n) is 1.81. The monoisotopic (exact) mass is 306 g/mol. The molecule has 1 rings (SSSR count). The molecule has 2 N–H and O–H groups in total. The van der Waals surface area contributed by atoms with Gasteiger partial charge < -0.3 is 20.3 Å². The standard InChI is InChI=1S/C17H30N4O/c1-5-18-17(19-11-13-21(4)6-2)20-12-14-22-16-9-7-15(3)8-10-16/h7-10H,5-6,11-14H2,1-4H3,(H2,18,19,20). The molecule has 5 heteroatoms. The first-order valence-corrected chi connectivity index (χ1v) is 8.05. The van der Waals surface area contributed by atoms with Crippen LogP contribution < -0.4 is 15.4 Å². The Morgan fingerprint density at radius 2 is 1.91 bits per heavy atom. The fraction of sp³-hybridized carbons (Fsp3) is 0.588. The molecule has 0 spiro atoms. The highest BCUT2D eigenvalue weighted by Gasteiger charge is 1.98. The number of hydrogen-bond acceptors (Lipinski definition) is 3. The summed E-state index contributed by atoms with van der Waals surface area (Å²) in [5, 5.41) is 6.53. The van der Waals surface area contributed by atoms with Crippen LogP contribution in [-0.2, 0) is 0 Å². The summed E-state index contributed by atoms with van der Waals surface area (Å²) in [7, 11) is 2.10. The smallest absolute Gasteiger partial charge is 0.191 e. The molecular formula is C17H30N4O. The van der Waals surface area contributed by atoms with E-state index in [-0.39, 0.29) is 0 Å². The van der Waals surface area contributed by atoms with E-state index in [0.29, 0.717) is 6.61 Å². The number of aliphatic imine (C=N–C) groups is 1. The molecule has 0 fully saturated rings. The van der Waals surface area contributed by atoms with E-state index in [0.717, 1.165) is 44.4 Å². The van der Waals surface area contributed by atoms with Crippen LogP contribution in [0.15, 0.2) is 29.3 Å². The average molecular weight is 306 g/mol. The molecule has 0 atom stereocenters. The Bertz CT molecular complexity index is 431. The van der Waals surface area contributed by atoms with Crippen LogP contribution in [0.4, 0.5) is 0 Å². The molecule has 0 aromatic heterocycles. The molecule has 0 unspecified atom stereocenters. The first kappa shape index (κ1) is 18.3. The number of aryl methyl sites for hydroxylation is 1. The summed E-state index contributed by atoms with van der Waals surface area (Å²) in [5.41, 5.74) is 1.24. The third-order valence-corrected chi connectivity index (χ3v) is 3.32. The summed E-state index contributed by atoms with van der Waals surface area (Å²) >= 11 is 0. The summed E-state index contributed by atoms with van der Waals surface area (Å²) in [6.07, 6.45) is 0. The largest absolute Gasteiger partial charge is 0.492 e. The molecule has 5 nitrogen and oxygen atoms in total. The van der Waals surface area contributed by atoms with Crippen molar-refractivity contribution in [1.29, 1.82) is 0 Å². The van der Waals surface area contributed by atoms with Crippen molar-refractivity contribution in [3.05, 3.63) is 29.8 Å². The summed E-state index contributed by atoms with van der Waals surface area (Å²) in [4.78, 5) is 6.80. The van der Waals surface area contributed by atoms with Gasteiger partial charge in [-0.1, -0.05) is 24.6 Å². The highest BCUT2D eigenvalue weighted by atomic mass is 16.5. The van der Waals surface area contributed by atoms with E-state index in [4.69, 9.17) is 4.74 Å². The van der Waals surface area contributed by atoms with E-state index in [1.807, 2.05) is 12.1 Å². The van der Waals surface area contributed by atoms with Gasteiger partial charge in [-0.3, -0.25) is 4.99 Å². The second kappa shape index (κ2) is 10.9. The maximum Gasteiger partial charge on any atom is 0.191 e.